The second kappa shape index (κ2) is 5.15. The summed E-state index contributed by atoms with van der Waals surface area (Å²) < 4.78 is 0. The van der Waals surface area contributed by atoms with E-state index in [-0.39, 0.29) is 11.9 Å². The standard InChI is InChI=1S/C12H23N3O/c1-3-14-12(16)11-8-13-6-7-15(11)9(2)10-4-5-10/h9-11,13H,3-8H2,1-2H3,(H,14,16). The lowest BCUT2D eigenvalue weighted by Gasteiger charge is -2.39. The first kappa shape index (κ1) is 11.9. The predicted molar refractivity (Wildman–Crippen MR) is 64.2 cm³/mol. The SMILES string of the molecule is CCNC(=O)C1CNCCN1C(C)C1CC1. The lowest BCUT2D eigenvalue weighted by Crippen LogP contribution is -2.60. The van der Waals surface area contributed by atoms with Gasteiger partial charge in [0.15, 0.2) is 0 Å². The van der Waals surface area contributed by atoms with E-state index in [4.69, 9.17) is 0 Å². The summed E-state index contributed by atoms with van der Waals surface area (Å²) in [6.45, 7) is 7.77. The van der Waals surface area contributed by atoms with Crippen LogP contribution in [0.25, 0.3) is 0 Å². The molecule has 0 spiro atoms. The highest BCUT2D eigenvalue weighted by molar-refractivity contribution is 5.82. The maximum atomic E-state index is 12.0. The van der Waals surface area contributed by atoms with E-state index < -0.39 is 0 Å². The summed E-state index contributed by atoms with van der Waals surface area (Å²) in [4.78, 5) is 14.4. The van der Waals surface area contributed by atoms with Crippen molar-refractivity contribution in [3.63, 3.8) is 0 Å². The molecule has 2 N–H and O–H groups in total. The van der Waals surface area contributed by atoms with E-state index in [0.717, 1.165) is 32.1 Å². The van der Waals surface area contributed by atoms with Gasteiger partial charge in [0.2, 0.25) is 5.91 Å². The Morgan fingerprint density at radius 3 is 2.94 bits per heavy atom. The van der Waals surface area contributed by atoms with Gasteiger partial charge in [0, 0.05) is 32.2 Å². The van der Waals surface area contributed by atoms with Gasteiger partial charge in [-0.15, -0.1) is 0 Å². The number of amides is 1. The van der Waals surface area contributed by atoms with Crippen molar-refractivity contribution < 1.29 is 4.79 Å². The van der Waals surface area contributed by atoms with Crippen LogP contribution >= 0.6 is 0 Å². The second-order valence-corrected chi connectivity index (χ2v) is 4.93. The molecule has 1 heterocycles. The smallest absolute Gasteiger partial charge is 0.238 e. The topological polar surface area (TPSA) is 44.4 Å². The Labute approximate surface area is 97.8 Å². The first-order valence-corrected chi connectivity index (χ1v) is 6.48. The van der Waals surface area contributed by atoms with Crippen LogP contribution in [0.3, 0.4) is 0 Å². The van der Waals surface area contributed by atoms with E-state index >= 15 is 0 Å². The highest BCUT2D eigenvalue weighted by Gasteiger charge is 2.38. The van der Waals surface area contributed by atoms with Crippen molar-refractivity contribution in [2.75, 3.05) is 26.2 Å². The van der Waals surface area contributed by atoms with Crippen molar-refractivity contribution in [2.24, 2.45) is 5.92 Å². The third-order valence-corrected chi connectivity index (χ3v) is 3.77. The molecule has 1 aliphatic carbocycles. The number of nitrogens with zero attached hydrogens (tertiary/aromatic N) is 1. The quantitative estimate of drug-likeness (QED) is 0.718. The molecule has 1 saturated heterocycles. The van der Waals surface area contributed by atoms with Gasteiger partial charge in [-0.2, -0.15) is 0 Å². The van der Waals surface area contributed by atoms with E-state index in [9.17, 15) is 4.79 Å². The molecule has 0 radical (unpaired) electrons. The van der Waals surface area contributed by atoms with E-state index in [0.29, 0.717) is 6.04 Å². The number of rotatable bonds is 4. The summed E-state index contributed by atoms with van der Waals surface area (Å²) >= 11 is 0. The summed E-state index contributed by atoms with van der Waals surface area (Å²) in [5.74, 6) is 1.01. The molecule has 2 fully saturated rings. The van der Waals surface area contributed by atoms with E-state index in [2.05, 4.69) is 22.5 Å². The number of likely N-dealkylation sites (N-methyl/N-ethyl adjacent to an activating group) is 1. The van der Waals surface area contributed by atoms with Crippen LogP contribution in [0.1, 0.15) is 26.7 Å². The van der Waals surface area contributed by atoms with Crippen molar-refractivity contribution in [3.8, 4) is 0 Å². The molecule has 0 aromatic carbocycles. The molecule has 2 rings (SSSR count). The molecule has 2 atom stereocenters. The van der Waals surface area contributed by atoms with Crippen molar-refractivity contribution in [1.29, 1.82) is 0 Å². The minimum absolute atomic E-state index is 0.0318. The van der Waals surface area contributed by atoms with Gasteiger partial charge >= 0.3 is 0 Å². The number of piperazine rings is 1. The van der Waals surface area contributed by atoms with Crippen molar-refractivity contribution in [2.45, 2.75) is 38.8 Å². The Hall–Kier alpha value is -0.610. The van der Waals surface area contributed by atoms with Crippen LogP contribution in [0.2, 0.25) is 0 Å². The Morgan fingerprint density at radius 2 is 2.31 bits per heavy atom. The summed E-state index contributed by atoms with van der Waals surface area (Å²) in [7, 11) is 0. The molecule has 16 heavy (non-hydrogen) atoms. The maximum absolute atomic E-state index is 12.0. The van der Waals surface area contributed by atoms with Crippen LogP contribution in [0.5, 0.6) is 0 Å². The number of carbonyl (C=O) groups excluding carboxylic acids is 1. The molecule has 2 unspecified atom stereocenters. The molecular formula is C12H23N3O. The van der Waals surface area contributed by atoms with Crippen LogP contribution in [-0.2, 0) is 4.79 Å². The highest BCUT2D eigenvalue weighted by atomic mass is 16.2. The summed E-state index contributed by atoms with van der Waals surface area (Å²) in [5.41, 5.74) is 0. The molecule has 0 bridgehead atoms. The van der Waals surface area contributed by atoms with Crippen LogP contribution < -0.4 is 10.6 Å². The molecule has 92 valence electrons. The fraction of sp³-hybridized carbons (Fsp3) is 0.917. The van der Waals surface area contributed by atoms with Gasteiger partial charge < -0.3 is 10.6 Å². The first-order chi connectivity index (χ1) is 7.74. The van der Waals surface area contributed by atoms with Crippen molar-refractivity contribution >= 4 is 5.91 Å². The third kappa shape index (κ3) is 2.55. The second-order valence-electron chi connectivity index (χ2n) is 4.93. The Morgan fingerprint density at radius 1 is 1.56 bits per heavy atom. The van der Waals surface area contributed by atoms with Gasteiger partial charge in [-0.25, -0.2) is 0 Å². The van der Waals surface area contributed by atoms with Crippen molar-refractivity contribution in [1.82, 2.24) is 15.5 Å². The van der Waals surface area contributed by atoms with Crippen LogP contribution in [0, 0.1) is 5.92 Å². The maximum Gasteiger partial charge on any atom is 0.238 e. The normalized spacial score (nSPS) is 28.8. The van der Waals surface area contributed by atoms with Gasteiger partial charge in [0.25, 0.3) is 0 Å². The molecular weight excluding hydrogens is 202 g/mol. The summed E-state index contributed by atoms with van der Waals surface area (Å²) in [6, 6.07) is 0.596. The highest BCUT2D eigenvalue weighted by Crippen LogP contribution is 2.35. The molecule has 1 amide bonds. The van der Waals surface area contributed by atoms with E-state index in [1.165, 1.54) is 12.8 Å². The van der Waals surface area contributed by atoms with Gasteiger partial charge in [-0.3, -0.25) is 9.69 Å². The van der Waals surface area contributed by atoms with E-state index in [1.807, 2.05) is 6.92 Å². The first-order valence-electron chi connectivity index (χ1n) is 6.48. The lowest BCUT2D eigenvalue weighted by molar-refractivity contribution is -0.128. The molecule has 0 aromatic rings. The van der Waals surface area contributed by atoms with Crippen LogP contribution in [0.4, 0.5) is 0 Å². The Balaban J connectivity index is 1.98. The Kier molecular flexibility index (Phi) is 3.82. The van der Waals surface area contributed by atoms with Gasteiger partial charge in [-0.1, -0.05) is 0 Å². The fourth-order valence-electron chi connectivity index (χ4n) is 2.59. The summed E-state index contributed by atoms with van der Waals surface area (Å²) in [6.07, 6.45) is 2.68. The number of hydrogen-bond acceptors (Lipinski definition) is 3. The molecule has 1 saturated carbocycles. The Bertz CT molecular complexity index is 253. The minimum atomic E-state index is 0.0318. The minimum Gasteiger partial charge on any atom is -0.355 e. The monoisotopic (exact) mass is 225 g/mol. The number of hydrogen-bond donors (Lipinski definition) is 2. The number of nitrogens with one attached hydrogen (secondary N) is 2. The zero-order chi connectivity index (χ0) is 11.5. The molecule has 1 aliphatic heterocycles. The average Bonchev–Trinajstić information content (AvgIpc) is 3.12. The zero-order valence-corrected chi connectivity index (χ0v) is 10.3. The summed E-state index contributed by atoms with van der Waals surface area (Å²) in [5, 5.41) is 6.25. The zero-order valence-electron chi connectivity index (χ0n) is 10.3. The predicted octanol–water partition coefficient (Wildman–Crippen LogP) is 0.195. The van der Waals surface area contributed by atoms with Crippen LogP contribution in [-0.4, -0.2) is 49.1 Å². The third-order valence-electron chi connectivity index (χ3n) is 3.77. The molecule has 4 heteroatoms. The van der Waals surface area contributed by atoms with Crippen LogP contribution in [0.15, 0.2) is 0 Å². The molecule has 2 aliphatic rings. The van der Waals surface area contributed by atoms with Gasteiger partial charge in [-0.05, 0) is 32.6 Å². The molecule has 0 aromatic heterocycles. The van der Waals surface area contributed by atoms with Crippen molar-refractivity contribution in [3.05, 3.63) is 0 Å². The van der Waals surface area contributed by atoms with E-state index in [1.54, 1.807) is 0 Å². The number of carbonyl (C=O) groups is 1. The molecule has 4 nitrogen and oxygen atoms in total. The largest absolute Gasteiger partial charge is 0.355 e. The lowest BCUT2D eigenvalue weighted by atomic mass is 10.1. The fourth-order valence-corrected chi connectivity index (χ4v) is 2.59. The van der Waals surface area contributed by atoms with Gasteiger partial charge in [0.1, 0.15) is 6.04 Å². The average molecular weight is 225 g/mol. The van der Waals surface area contributed by atoms with Gasteiger partial charge in [0.05, 0.1) is 0 Å².